The highest BCUT2D eigenvalue weighted by atomic mass is 16.3. The fourth-order valence-electron chi connectivity index (χ4n) is 1.74. The first-order chi connectivity index (χ1) is 6.74. The van der Waals surface area contributed by atoms with Gasteiger partial charge in [0.2, 0.25) is 0 Å². The Hall–Kier alpha value is -1.32. The molecule has 0 aliphatic heterocycles. The van der Waals surface area contributed by atoms with E-state index in [-0.39, 0.29) is 12.6 Å². The molecule has 74 valence electrons. The minimum Gasteiger partial charge on any atom is -0.461 e. The van der Waals surface area contributed by atoms with Crippen LogP contribution >= 0.6 is 0 Å². The van der Waals surface area contributed by atoms with E-state index in [1.165, 1.54) is 0 Å². The summed E-state index contributed by atoms with van der Waals surface area (Å²) >= 11 is 0. The second kappa shape index (κ2) is 3.44. The van der Waals surface area contributed by atoms with Crippen molar-refractivity contribution in [1.29, 1.82) is 0 Å². The van der Waals surface area contributed by atoms with Crippen molar-refractivity contribution >= 4 is 11.0 Å². The van der Waals surface area contributed by atoms with Crippen molar-refractivity contribution in [2.75, 3.05) is 6.61 Å². The number of aliphatic hydroxyl groups excluding tert-OH is 1. The van der Waals surface area contributed by atoms with E-state index >= 15 is 0 Å². The van der Waals surface area contributed by atoms with E-state index in [0.29, 0.717) is 0 Å². The summed E-state index contributed by atoms with van der Waals surface area (Å²) in [5.74, 6) is 0.785. The number of furan rings is 1. The molecular weight excluding hydrogens is 178 g/mol. The lowest BCUT2D eigenvalue weighted by Gasteiger charge is -2.06. The van der Waals surface area contributed by atoms with Gasteiger partial charge in [0.25, 0.3) is 0 Å². The van der Waals surface area contributed by atoms with Gasteiger partial charge in [-0.2, -0.15) is 0 Å². The number of benzene rings is 1. The third-order valence-electron chi connectivity index (χ3n) is 2.39. The van der Waals surface area contributed by atoms with Crippen LogP contribution in [0.3, 0.4) is 0 Å². The van der Waals surface area contributed by atoms with Crippen molar-refractivity contribution in [2.24, 2.45) is 5.73 Å². The van der Waals surface area contributed by atoms with Crippen LogP contribution in [0.5, 0.6) is 0 Å². The second-order valence-electron chi connectivity index (χ2n) is 3.36. The van der Waals surface area contributed by atoms with E-state index in [0.717, 1.165) is 22.3 Å². The first-order valence-corrected chi connectivity index (χ1v) is 4.58. The summed E-state index contributed by atoms with van der Waals surface area (Å²) in [6, 6.07) is 7.34. The van der Waals surface area contributed by atoms with Crippen LogP contribution in [0.4, 0.5) is 0 Å². The number of nitrogens with two attached hydrogens (primary N) is 1. The molecule has 0 aliphatic carbocycles. The summed E-state index contributed by atoms with van der Waals surface area (Å²) in [6.07, 6.45) is 0. The van der Waals surface area contributed by atoms with E-state index in [1.54, 1.807) is 0 Å². The Morgan fingerprint density at radius 3 is 2.86 bits per heavy atom. The van der Waals surface area contributed by atoms with Gasteiger partial charge in [-0.3, -0.25) is 0 Å². The van der Waals surface area contributed by atoms with Crippen LogP contribution in [-0.4, -0.2) is 11.7 Å². The zero-order valence-corrected chi connectivity index (χ0v) is 8.03. The molecule has 0 saturated carbocycles. The highest BCUT2D eigenvalue weighted by Gasteiger charge is 2.15. The Morgan fingerprint density at radius 1 is 1.43 bits per heavy atom. The maximum Gasteiger partial charge on any atom is 0.134 e. The van der Waals surface area contributed by atoms with Crippen LogP contribution in [0.1, 0.15) is 17.4 Å². The van der Waals surface area contributed by atoms with E-state index in [2.05, 4.69) is 0 Å². The molecule has 1 aromatic carbocycles. The summed E-state index contributed by atoms with van der Waals surface area (Å²) in [5.41, 5.74) is 7.52. The quantitative estimate of drug-likeness (QED) is 0.760. The number of fused-ring (bicyclic) bond motifs is 1. The van der Waals surface area contributed by atoms with Gasteiger partial charge in [-0.15, -0.1) is 0 Å². The van der Waals surface area contributed by atoms with Crippen molar-refractivity contribution < 1.29 is 9.52 Å². The molecule has 3 nitrogen and oxygen atoms in total. The molecule has 0 fully saturated rings. The molecule has 0 bridgehead atoms. The number of aliphatic hydroxyl groups is 1. The van der Waals surface area contributed by atoms with Crippen molar-refractivity contribution in [3.8, 4) is 0 Å². The Balaban J connectivity index is 2.67. The van der Waals surface area contributed by atoms with Gasteiger partial charge in [0.1, 0.15) is 11.3 Å². The van der Waals surface area contributed by atoms with Crippen LogP contribution in [-0.2, 0) is 0 Å². The van der Waals surface area contributed by atoms with E-state index in [9.17, 15) is 0 Å². The fraction of sp³-hybridized carbons (Fsp3) is 0.273. The first kappa shape index (κ1) is 9.24. The molecule has 1 aromatic heterocycles. The summed E-state index contributed by atoms with van der Waals surface area (Å²) in [7, 11) is 0. The van der Waals surface area contributed by atoms with E-state index in [4.69, 9.17) is 15.3 Å². The Kier molecular flexibility index (Phi) is 2.27. The van der Waals surface area contributed by atoms with E-state index < -0.39 is 0 Å². The first-order valence-electron chi connectivity index (χ1n) is 4.58. The summed E-state index contributed by atoms with van der Waals surface area (Å²) in [6.45, 7) is 1.80. The number of rotatable bonds is 2. The number of hydrogen-bond acceptors (Lipinski definition) is 3. The lowest BCUT2D eigenvalue weighted by molar-refractivity contribution is 0.267. The van der Waals surface area contributed by atoms with Crippen molar-refractivity contribution in [3.63, 3.8) is 0 Å². The molecular formula is C11H13NO2. The minimum atomic E-state index is -0.362. The van der Waals surface area contributed by atoms with Crippen LogP contribution in [0.15, 0.2) is 28.7 Å². The maximum absolute atomic E-state index is 9.02. The molecule has 2 aromatic rings. The third-order valence-corrected chi connectivity index (χ3v) is 2.39. The molecule has 3 heteroatoms. The second-order valence-corrected chi connectivity index (χ2v) is 3.36. The predicted octanol–water partition coefficient (Wildman–Crippen LogP) is 1.73. The Labute approximate surface area is 82.1 Å². The van der Waals surface area contributed by atoms with Crippen molar-refractivity contribution in [3.05, 3.63) is 35.6 Å². The van der Waals surface area contributed by atoms with Crippen molar-refractivity contribution in [1.82, 2.24) is 0 Å². The van der Waals surface area contributed by atoms with Crippen LogP contribution in [0.25, 0.3) is 11.0 Å². The average molecular weight is 191 g/mol. The molecule has 0 aliphatic rings. The fourth-order valence-corrected chi connectivity index (χ4v) is 1.74. The van der Waals surface area contributed by atoms with Gasteiger partial charge in [0.05, 0.1) is 12.6 Å². The zero-order valence-electron chi connectivity index (χ0n) is 8.03. The van der Waals surface area contributed by atoms with Gasteiger partial charge < -0.3 is 15.3 Å². The lowest BCUT2D eigenvalue weighted by atomic mass is 10.0. The molecule has 2 rings (SSSR count). The Morgan fingerprint density at radius 2 is 2.14 bits per heavy atom. The monoisotopic (exact) mass is 191 g/mol. The molecule has 0 saturated heterocycles. The molecule has 1 heterocycles. The van der Waals surface area contributed by atoms with Gasteiger partial charge in [-0.1, -0.05) is 18.2 Å². The summed E-state index contributed by atoms with van der Waals surface area (Å²) < 4.78 is 5.53. The van der Waals surface area contributed by atoms with Crippen molar-refractivity contribution in [2.45, 2.75) is 13.0 Å². The molecule has 0 radical (unpaired) electrons. The Bertz CT molecular complexity index is 447. The highest BCUT2D eigenvalue weighted by molar-refractivity contribution is 5.82. The van der Waals surface area contributed by atoms with Gasteiger partial charge in [0, 0.05) is 10.9 Å². The number of hydrogen-bond donors (Lipinski definition) is 2. The molecule has 14 heavy (non-hydrogen) atoms. The third kappa shape index (κ3) is 1.31. The normalized spacial score (nSPS) is 13.4. The molecule has 1 atom stereocenters. The molecule has 0 amide bonds. The molecule has 0 spiro atoms. The lowest BCUT2D eigenvalue weighted by Crippen LogP contribution is -2.14. The minimum absolute atomic E-state index is 0.0651. The van der Waals surface area contributed by atoms with E-state index in [1.807, 2.05) is 31.2 Å². The molecule has 3 N–H and O–H groups in total. The zero-order chi connectivity index (χ0) is 10.1. The summed E-state index contributed by atoms with van der Waals surface area (Å²) in [5, 5.41) is 10.0. The predicted molar refractivity (Wildman–Crippen MR) is 55.0 cm³/mol. The smallest absolute Gasteiger partial charge is 0.134 e. The molecule has 1 unspecified atom stereocenters. The standard InChI is InChI=1S/C11H13NO2/c1-7-11(9(12)6-13)8-4-2-3-5-10(8)14-7/h2-5,9,13H,6,12H2,1H3. The maximum atomic E-state index is 9.02. The highest BCUT2D eigenvalue weighted by Crippen LogP contribution is 2.28. The largest absolute Gasteiger partial charge is 0.461 e. The number of para-hydroxylation sites is 1. The number of aryl methyl sites for hydroxylation is 1. The SMILES string of the molecule is Cc1oc2ccccc2c1C(N)CO. The van der Waals surface area contributed by atoms with Crippen LogP contribution in [0, 0.1) is 6.92 Å². The van der Waals surface area contributed by atoms with Crippen LogP contribution < -0.4 is 5.73 Å². The topological polar surface area (TPSA) is 59.4 Å². The van der Waals surface area contributed by atoms with Crippen LogP contribution in [0.2, 0.25) is 0 Å². The van der Waals surface area contributed by atoms with Gasteiger partial charge in [-0.25, -0.2) is 0 Å². The summed E-state index contributed by atoms with van der Waals surface area (Å²) in [4.78, 5) is 0. The average Bonchev–Trinajstić information content (AvgIpc) is 2.53. The van der Waals surface area contributed by atoms with Gasteiger partial charge >= 0.3 is 0 Å². The van der Waals surface area contributed by atoms with Gasteiger partial charge in [0.15, 0.2) is 0 Å². The van der Waals surface area contributed by atoms with Gasteiger partial charge in [-0.05, 0) is 13.0 Å².